The van der Waals surface area contributed by atoms with Crippen LogP contribution < -0.4 is 5.32 Å². The van der Waals surface area contributed by atoms with Gasteiger partial charge >= 0.3 is 0 Å². The van der Waals surface area contributed by atoms with Crippen molar-refractivity contribution in [2.45, 2.75) is 58.4 Å². The number of benzene rings is 2. The Balaban J connectivity index is 1.66. The maximum Gasteiger partial charge on any atom is 0.0479 e. The maximum absolute atomic E-state index is 6.71. The minimum Gasteiger partial charge on any atom is -0.382 e. The Morgan fingerprint density at radius 3 is 2.71 bits per heavy atom. The van der Waals surface area contributed by atoms with Crippen molar-refractivity contribution in [1.82, 2.24) is 5.32 Å². The number of allylic oxidation sites excluding steroid dienone is 4. The van der Waals surface area contributed by atoms with Crippen molar-refractivity contribution >= 4 is 11.6 Å². The summed E-state index contributed by atoms with van der Waals surface area (Å²) in [4.78, 5) is 0. The van der Waals surface area contributed by atoms with E-state index in [4.69, 9.17) is 18.0 Å². The molecular weight excluding hydrogens is 434 g/mol. The van der Waals surface area contributed by atoms with Crippen molar-refractivity contribution in [2.75, 3.05) is 0 Å². The van der Waals surface area contributed by atoms with Gasteiger partial charge in [0.05, 0.1) is 0 Å². The van der Waals surface area contributed by atoms with Gasteiger partial charge in [-0.15, -0.1) is 13.0 Å². The summed E-state index contributed by atoms with van der Waals surface area (Å²) in [5, 5.41) is 4.22. The molecule has 2 heteroatoms. The van der Waals surface area contributed by atoms with Gasteiger partial charge in [0, 0.05) is 29.1 Å². The number of hydrogen-bond donors (Lipinski definition) is 1. The highest BCUT2D eigenvalue weighted by molar-refractivity contribution is 6.29. The Hall–Kier alpha value is -2.95. The third-order valence-electron chi connectivity index (χ3n) is 6.23. The molecule has 0 amide bonds. The summed E-state index contributed by atoms with van der Waals surface area (Å²) >= 11 is 6.71. The second-order valence-corrected chi connectivity index (χ2v) is 9.87. The van der Waals surface area contributed by atoms with E-state index in [0.29, 0.717) is 6.42 Å². The molecule has 0 spiro atoms. The highest BCUT2D eigenvalue weighted by Crippen LogP contribution is 2.25. The van der Waals surface area contributed by atoms with Gasteiger partial charge in [-0.1, -0.05) is 84.3 Å². The number of fused-ring (bicyclic) bond motifs is 1. The standard InChI is InChI=1S/C32H36ClN/c1-6-23(3)16-28(19-27-14-15-29-12-9-13-30(29)20-27)21-31(33)18-25(5)34-32(7-2)22-26-11-8-10-24(4)17-26/h1,7-8,10-11,14-17,20-21,23,32,34H,2,5,9,12-13,18-19,22H2,3-4H3/b28-16-,31-21+. The summed E-state index contributed by atoms with van der Waals surface area (Å²) in [5.41, 5.74) is 8.83. The van der Waals surface area contributed by atoms with E-state index < -0.39 is 0 Å². The molecule has 0 radical (unpaired) electrons. The van der Waals surface area contributed by atoms with Gasteiger partial charge < -0.3 is 5.32 Å². The van der Waals surface area contributed by atoms with Gasteiger partial charge in [-0.2, -0.15) is 0 Å². The summed E-state index contributed by atoms with van der Waals surface area (Å²) < 4.78 is 0. The maximum atomic E-state index is 6.71. The highest BCUT2D eigenvalue weighted by Gasteiger charge is 2.12. The van der Waals surface area contributed by atoms with Crippen LogP contribution in [0.15, 0.2) is 90.2 Å². The van der Waals surface area contributed by atoms with Gasteiger partial charge in [-0.25, -0.2) is 0 Å². The Bertz CT molecular complexity index is 1130. The van der Waals surface area contributed by atoms with Crippen molar-refractivity contribution in [3.05, 3.63) is 118 Å². The van der Waals surface area contributed by atoms with Gasteiger partial charge in [0.2, 0.25) is 0 Å². The molecule has 0 saturated carbocycles. The molecule has 34 heavy (non-hydrogen) atoms. The van der Waals surface area contributed by atoms with Gasteiger partial charge in [-0.3, -0.25) is 0 Å². The smallest absolute Gasteiger partial charge is 0.0479 e. The number of hydrogen-bond acceptors (Lipinski definition) is 1. The zero-order valence-electron chi connectivity index (χ0n) is 20.5. The van der Waals surface area contributed by atoms with Crippen LogP contribution in [0.25, 0.3) is 0 Å². The van der Waals surface area contributed by atoms with Crippen LogP contribution in [0.4, 0.5) is 0 Å². The van der Waals surface area contributed by atoms with Crippen LogP contribution in [0.5, 0.6) is 0 Å². The van der Waals surface area contributed by atoms with Crippen molar-refractivity contribution in [1.29, 1.82) is 0 Å². The largest absolute Gasteiger partial charge is 0.382 e. The molecule has 176 valence electrons. The van der Waals surface area contributed by atoms with Gasteiger partial charge in [0.15, 0.2) is 0 Å². The fourth-order valence-corrected chi connectivity index (χ4v) is 4.86. The van der Waals surface area contributed by atoms with Crippen LogP contribution in [0, 0.1) is 25.2 Å². The second kappa shape index (κ2) is 12.5. The quantitative estimate of drug-likeness (QED) is 0.202. The number of rotatable bonds is 11. The zero-order valence-corrected chi connectivity index (χ0v) is 21.3. The second-order valence-electron chi connectivity index (χ2n) is 9.38. The van der Waals surface area contributed by atoms with Gasteiger partial charge in [0.25, 0.3) is 0 Å². The Morgan fingerprint density at radius 2 is 1.97 bits per heavy atom. The van der Waals surface area contributed by atoms with Crippen LogP contribution in [0.3, 0.4) is 0 Å². The Labute approximate surface area is 211 Å². The van der Waals surface area contributed by atoms with Crippen molar-refractivity contribution in [2.24, 2.45) is 5.92 Å². The summed E-state index contributed by atoms with van der Waals surface area (Å²) in [6.07, 6.45) is 17.6. The number of terminal acetylenes is 1. The minimum atomic E-state index is 0.0472. The normalized spacial score (nSPS) is 15.2. The van der Waals surface area contributed by atoms with Crippen LogP contribution in [0.1, 0.15) is 47.6 Å². The lowest BCUT2D eigenvalue weighted by Crippen LogP contribution is -2.28. The van der Waals surface area contributed by atoms with Crippen molar-refractivity contribution in [3.63, 3.8) is 0 Å². The minimum absolute atomic E-state index is 0.0472. The lowest BCUT2D eigenvalue weighted by molar-refractivity contribution is 0.657. The zero-order chi connectivity index (χ0) is 24.5. The Kier molecular flexibility index (Phi) is 9.43. The molecule has 3 rings (SSSR count). The molecular formula is C32H36ClN. The number of halogens is 1. The fraction of sp³-hybridized carbons (Fsp3) is 0.312. The lowest BCUT2D eigenvalue weighted by atomic mass is 9.97. The molecule has 0 saturated heterocycles. The van der Waals surface area contributed by atoms with E-state index in [0.717, 1.165) is 29.1 Å². The first-order valence-electron chi connectivity index (χ1n) is 12.1. The third-order valence-corrected chi connectivity index (χ3v) is 6.48. The SMILES string of the molecule is C#CC(C)/C=C(\C=C(\Cl)CC(=C)NC(C=C)Cc1cccc(C)c1)Cc1ccc2c(c1)CCC2. The first kappa shape index (κ1) is 25.7. The molecule has 2 unspecified atom stereocenters. The Morgan fingerprint density at radius 1 is 1.18 bits per heavy atom. The van der Waals surface area contributed by atoms with Crippen LogP contribution >= 0.6 is 11.6 Å². The first-order valence-corrected chi connectivity index (χ1v) is 12.5. The molecule has 2 atom stereocenters. The van der Waals surface area contributed by atoms with Gasteiger partial charge in [0.1, 0.15) is 0 Å². The predicted octanol–water partition coefficient (Wildman–Crippen LogP) is 7.64. The summed E-state index contributed by atoms with van der Waals surface area (Å²) in [5.74, 6) is 2.86. The number of aryl methyl sites for hydroxylation is 3. The molecule has 0 bridgehead atoms. The fourth-order valence-electron chi connectivity index (χ4n) is 4.55. The molecule has 0 heterocycles. The van der Waals surface area contributed by atoms with E-state index in [1.54, 1.807) is 0 Å². The molecule has 1 nitrogen and oxygen atoms in total. The predicted molar refractivity (Wildman–Crippen MR) is 148 cm³/mol. The third kappa shape index (κ3) is 7.82. The summed E-state index contributed by atoms with van der Waals surface area (Å²) in [6, 6.07) is 15.5. The summed E-state index contributed by atoms with van der Waals surface area (Å²) in [6.45, 7) is 12.4. The monoisotopic (exact) mass is 469 g/mol. The van der Waals surface area contributed by atoms with E-state index >= 15 is 0 Å². The first-order chi connectivity index (χ1) is 16.4. The van der Waals surface area contributed by atoms with Crippen LogP contribution in [0.2, 0.25) is 0 Å². The van der Waals surface area contributed by atoms with Crippen LogP contribution in [-0.2, 0) is 25.7 Å². The average molecular weight is 470 g/mol. The molecule has 2 aromatic carbocycles. The van der Waals surface area contributed by atoms with E-state index in [9.17, 15) is 0 Å². The summed E-state index contributed by atoms with van der Waals surface area (Å²) in [7, 11) is 0. The molecule has 1 N–H and O–H groups in total. The van der Waals surface area contributed by atoms with E-state index in [2.05, 4.69) is 85.9 Å². The lowest BCUT2D eigenvalue weighted by Gasteiger charge is -2.18. The topological polar surface area (TPSA) is 12.0 Å². The average Bonchev–Trinajstić information content (AvgIpc) is 3.26. The molecule has 0 aromatic heterocycles. The molecule has 1 aliphatic rings. The van der Waals surface area contributed by atoms with E-state index in [1.165, 1.54) is 47.1 Å². The number of nitrogens with one attached hydrogen (secondary N) is 1. The molecule has 2 aromatic rings. The molecule has 1 aliphatic carbocycles. The van der Waals surface area contributed by atoms with Crippen LogP contribution in [-0.4, -0.2) is 6.04 Å². The van der Waals surface area contributed by atoms with Crippen molar-refractivity contribution < 1.29 is 0 Å². The van der Waals surface area contributed by atoms with E-state index in [1.807, 2.05) is 13.0 Å². The molecule has 0 fully saturated rings. The van der Waals surface area contributed by atoms with E-state index in [-0.39, 0.29) is 12.0 Å². The van der Waals surface area contributed by atoms with Gasteiger partial charge in [-0.05, 0) is 79.9 Å². The van der Waals surface area contributed by atoms with Crippen molar-refractivity contribution in [3.8, 4) is 12.3 Å². The highest BCUT2D eigenvalue weighted by atomic mass is 35.5. The molecule has 0 aliphatic heterocycles.